The maximum atomic E-state index is 13.4. The Morgan fingerprint density at radius 2 is 1.29 bits per heavy atom. The zero-order chi connectivity index (χ0) is 20.9. The van der Waals surface area contributed by atoms with Crippen LogP contribution in [0.15, 0.2) is 101 Å². The number of rotatable bonds is 4. The van der Waals surface area contributed by atoms with Crippen LogP contribution in [0.5, 0.6) is 0 Å². The molecule has 1 aliphatic heterocycles. The summed E-state index contributed by atoms with van der Waals surface area (Å²) in [4.78, 5) is 28.1. The summed E-state index contributed by atoms with van der Waals surface area (Å²) in [5.74, 6) is -0.286. The fourth-order valence-corrected chi connectivity index (χ4v) is 5.58. The molecule has 31 heavy (non-hydrogen) atoms. The zero-order valence-electron chi connectivity index (χ0n) is 16.8. The summed E-state index contributed by atoms with van der Waals surface area (Å²) in [6.45, 7) is 0.209. The van der Waals surface area contributed by atoms with Gasteiger partial charge >= 0.3 is 0 Å². The second-order valence-electron chi connectivity index (χ2n) is 8.39. The molecule has 4 atom stereocenters. The lowest BCUT2D eigenvalue weighted by molar-refractivity contribution is -0.141. The lowest BCUT2D eigenvalue weighted by Crippen LogP contribution is -2.32. The third kappa shape index (κ3) is 2.68. The van der Waals surface area contributed by atoms with E-state index in [1.165, 1.54) is 10.5 Å². The van der Waals surface area contributed by atoms with E-state index in [0.717, 1.165) is 16.7 Å². The maximum absolute atomic E-state index is 13.4. The van der Waals surface area contributed by atoms with Gasteiger partial charge < -0.3 is 4.42 Å². The van der Waals surface area contributed by atoms with E-state index in [9.17, 15) is 9.59 Å². The van der Waals surface area contributed by atoms with Gasteiger partial charge in [0.25, 0.3) is 0 Å². The summed E-state index contributed by atoms with van der Waals surface area (Å²) in [5, 5.41) is 0. The molecule has 2 fully saturated rings. The highest BCUT2D eigenvalue weighted by molar-refractivity contribution is 6.08. The van der Waals surface area contributed by atoms with E-state index in [2.05, 4.69) is 36.4 Å². The van der Waals surface area contributed by atoms with Crippen molar-refractivity contribution >= 4 is 17.4 Å². The largest absolute Gasteiger partial charge is 0.467 e. The summed E-state index contributed by atoms with van der Waals surface area (Å²) in [5.41, 5.74) is 4.59. The Balaban J connectivity index is 1.45. The number of fused-ring (bicyclic) bond motifs is 5. The smallest absolute Gasteiger partial charge is 0.234 e. The number of hydrogen-bond donors (Lipinski definition) is 0. The predicted molar refractivity (Wildman–Crippen MR) is 116 cm³/mol. The molecule has 0 unspecified atom stereocenters. The van der Waals surface area contributed by atoms with Crippen LogP contribution in [-0.4, -0.2) is 16.7 Å². The van der Waals surface area contributed by atoms with E-state index in [1.807, 2.05) is 36.4 Å². The van der Waals surface area contributed by atoms with Crippen molar-refractivity contribution in [1.82, 2.24) is 4.90 Å². The van der Waals surface area contributed by atoms with Crippen molar-refractivity contribution < 1.29 is 14.0 Å². The first kappa shape index (κ1) is 18.1. The number of nitrogens with zero attached hydrogens (tertiary/aromatic N) is 1. The molecule has 2 aliphatic carbocycles. The third-order valence-corrected chi connectivity index (χ3v) is 6.81. The van der Waals surface area contributed by atoms with Crippen LogP contribution in [-0.2, 0) is 16.1 Å². The monoisotopic (exact) mass is 407 g/mol. The Bertz CT molecular complexity index is 1130. The first-order valence-electron chi connectivity index (χ1n) is 10.6. The summed E-state index contributed by atoms with van der Waals surface area (Å²) in [7, 11) is 0. The highest BCUT2D eigenvalue weighted by Crippen LogP contribution is 2.58. The first-order chi connectivity index (χ1) is 15.2. The molecule has 2 amide bonds. The summed E-state index contributed by atoms with van der Waals surface area (Å²) < 4.78 is 5.39. The van der Waals surface area contributed by atoms with Gasteiger partial charge in [-0.25, -0.2) is 0 Å². The average Bonchev–Trinajstić information content (AvgIpc) is 3.58. The maximum Gasteiger partial charge on any atom is 0.234 e. The molecule has 4 heteroatoms. The number of hydrogen-bond acceptors (Lipinski definition) is 3. The van der Waals surface area contributed by atoms with Gasteiger partial charge in [0, 0.05) is 11.8 Å². The van der Waals surface area contributed by atoms with Crippen molar-refractivity contribution in [2.24, 2.45) is 23.7 Å². The second-order valence-corrected chi connectivity index (χ2v) is 8.39. The quantitative estimate of drug-likeness (QED) is 0.465. The highest BCUT2D eigenvalue weighted by atomic mass is 16.3. The minimum absolute atomic E-state index is 0.0523. The lowest BCUT2D eigenvalue weighted by Gasteiger charge is -2.21. The number of allylic oxidation sites excluding steroid dienone is 3. The van der Waals surface area contributed by atoms with Crippen molar-refractivity contribution in [2.45, 2.75) is 6.54 Å². The van der Waals surface area contributed by atoms with E-state index >= 15 is 0 Å². The third-order valence-electron chi connectivity index (χ3n) is 6.81. The highest BCUT2D eigenvalue weighted by Gasteiger charge is 2.62. The molecule has 1 saturated heterocycles. The van der Waals surface area contributed by atoms with Crippen molar-refractivity contribution in [3.8, 4) is 0 Å². The van der Waals surface area contributed by atoms with Crippen LogP contribution >= 0.6 is 0 Å². The van der Waals surface area contributed by atoms with Gasteiger partial charge in [0.05, 0.1) is 24.6 Å². The molecule has 6 rings (SSSR count). The van der Waals surface area contributed by atoms with Crippen molar-refractivity contribution in [3.05, 3.63) is 114 Å². The standard InChI is InChI=1S/C27H21NO3/c29-26-24-20-13-14-21(25(24)27(30)28(26)16-19-12-7-15-31-19)23(20)22(17-8-3-1-4-9-17)18-10-5-2-6-11-18/h1-15,20-21,24-25H,16H2/t20-,21-,24-,25-/m1/s1. The van der Waals surface area contributed by atoms with E-state index in [0.29, 0.717) is 5.76 Å². The van der Waals surface area contributed by atoms with Gasteiger partial charge in [0.15, 0.2) is 0 Å². The van der Waals surface area contributed by atoms with Gasteiger partial charge in [-0.1, -0.05) is 72.8 Å². The molecule has 3 aliphatic rings. The Morgan fingerprint density at radius 1 is 0.742 bits per heavy atom. The predicted octanol–water partition coefficient (Wildman–Crippen LogP) is 4.70. The minimum atomic E-state index is -0.324. The Morgan fingerprint density at radius 3 is 1.77 bits per heavy atom. The molecule has 1 aromatic heterocycles. The molecule has 152 valence electrons. The molecule has 0 N–H and O–H groups in total. The molecular weight excluding hydrogens is 386 g/mol. The van der Waals surface area contributed by atoms with Gasteiger partial charge in [0.1, 0.15) is 5.76 Å². The van der Waals surface area contributed by atoms with Crippen LogP contribution in [0.1, 0.15) is 16.9 Å². The molecule has 3 aromatic rings. The molecule has 0 spiro atoms. The number of furan rings is 1. The van der Waals surface area contributed by atoms with Crippen LogP contribution < -0.4 is 0 Å². The Kier molecular flexibility index (Phi) is 4.06. The average molecular weight is 407 g/mol. The van der Waals surface area contributed by atoms with Crippen LogP contribution in [0.25, 0.3) is 5.57 Å². The van der Waals surface area contributed by atoms with Gasteiger partial charge in [-0.05, 0) is 34.4 Å². The summed E-state index contributed by atoms with van der Waals surface area (Å²) in [6.07, 6.45) is 5.84. The van der Waals surface area contributed by atoms with Gasteiger partial charge in [-0.2, -0.15) is 0 Å². The number of likely N-dealkylation sites (tertiary alicyclic amines) is 1. The van der Waals surface area contributed by atoms with E-state index in [1.54, 1.807) is 18.4 Å². The van der Waals surface area contributed by atoms with E-state index in [-0.39, 0.29) is 42.0 Å². The topological polar surface area (TPSA) is 50.5 Å². The Hall–Kier alpha value is -3.66. The van der Waals surface area contributed by atoms with Crippen molar-refractivity contribution in [2.75, 3.05) is 0 Å². The van der Waals surface area contributed by atoms with Crippen LogP contribution in [0, 0.1) is 23.7 Å². The van der Waals surface area contributed by atoms with Gasteiger partial charge in [-0.15, -0.1) is 0 Å². The van der Waals surface area contributed by atoms with Crippen LogP contribution in [0.3, 0.4) is 0 Å². The summed E-state index contributed by atoms with van der Waals surface area (Å²) in [6, 6.07) is 24.2. The number of amides is 2. The fraction of sp³-hybridized carbons (Fsp3) is 0.185. The number of benzene rings is 2. The number of imide groups is 1. The van der Waals surface area contributed by atoms with E-state index in [4.69, 9.17) is 4.42 Å². The van der Waals surface area contributed by atoms with Crippen molar-refractivity contribution in [1.29, 1.82) is 0 Å². The van der Waals surface area contributed by atoms with Crippen LogP contribution in [0.4, 0.5) is 0 Å². The number of carbonyl (C=O) groups is 2. The molecule has 1 saturated carbocycles. The van der Waals surface area contributed by atoms with Gasteiger partial charge in [0.2, 0.25) is 11.8 Å². The molecule has 0 radical (unpaired) electrons. The minimum Gasteiger partial charge on any atom is -0.467 e. The number of carbonyl (C=O) groups excluding carboxylic acids is 2. The van der Waals surface area contributed by atoms with E-state index < -0.39 is 0 Å². The molecule has 2 bridgehead atoms. The fourth-order valence-electron chi connectivity index (χ4n) is 5.58. The van der Waals surface area contributed by atoms with Gasteiger partial charge in [-0.3, -0.25) is 14.5 Å². The van der Waals surface area contributed by atoms with Crippen molar-refractivity contribution in [3.63, 3.8) is 0 Å². The molecular formula is C27H21NO3. The normalized spacial score (nSPS) is 26.1. The second kappa shape index (κ2) is 6.95. The molecule has 4 nitrogen and oxygen atoms in total. The van der Waals surface area contributed by atoms with Crippen LogP contribution in [0.2, 0.25) is 0 Å². The molecule has 2 aromatic carbocycles. The first-order valence-corrected chi connectivity index (χ1v) is 10.6. The SMILES string of the molecule is O=C1[C@H]2[C@H](C(=O)N1Cc1ccco1)[C@@H]1C=C[C@@H]2C1=C(c1ccccc1)c1ccccc1. The molecule has 2 heterocycles. The lowest BCUT2D eigenvalue weighted by atomic mass is 9.85. The Labute approximate surface area is 180 Å². The zero-order valence-corrected chi connectivity index (χ0v) is 16.8. The summed E-state index contributed by atoms with van der Waals surface area (Å²) >= 11 is 0.